The second-order valence-electron chi connectivity index (χ2n) is 7.45. The summed E-state index contributed by atoms with van der Waals surface area (Å²) in [5.41, 5.74) is 0. The first-order valence-electron chi connectivity index (χ1n) is 9.37. The van der Waals surface area contributed by atoms with Gasteiger partial charge in [-0.2, -0.15) is 0 Å². The first-order chi connectivity index (χ1) is 9.88. The van der Waals surface area contributed by atoms with E-state index < -0.39 is 0 Å². The molecule has 3 rings (SSSR count). The number of fused-ring (bicyclic) bond motifs is 1. The van der Waals surface area contributed by atoms with Gasteiger partial charge in [-0.1, -0.05) is 19.8 Å². The van der Waals surface area contributed by atoms with Crippen molar-refractivity contribution in [2.75, 3.05) is 13.1 Å². The summed E-state index contributed by atoms with van der Waals surface area (Å²) < 4.78 is 0. The fourth-order valence-corrected chi connectivity index (χ4v) is 5.08. The molecule has 3 fully saturated rings. The molecule has 0 amide bonds. The minimum Gasteiger partial charge on any atom is -0.314 e. The van der Waals surface area contributed by atoms with Crippen molar-refractivity contribution in [3.63, 3.8) is 0 Å². The highest BCUT2D eigenvalue weighted by Crippen LogP contribution is 2.38. The summed E-state index contributed by atoms with van der Waals surface area (Å²) in [5, 5.41) is 3.73. The Morgan fingerprint density at radius 3 is 2.45 bits per heavy atom. The Bertz CT molecular complexity index is 281. The van der Waals surface area contributed by atoms with Crippen LogP contribution in [0, 0.1) is 5.92 Å². The number of hydrogen-bond acceptors (Lipinski definition) is 2. The molecule has 2 unspecified atom stereocenters. The molecule has 2 aliphatic carbocycles. The Morgan fingerprint density at radius 1 is 0.900 bits per heavy atom. The molecule has 20 heavy (non-hydrogen) atoms. The van der Waals surface area contributed by atoms with Gasteiger partial charge >= 0.3 is 0 Å². The molecule has 0 radical (unpaired) electrons. The van der Waals surface area contributed by atoms with Gasteiger partial charge in [0.25, 0.3) is 0 Å². The van der Waals surface area contributed by atoms with Crippen LogP contribution in [-0.2, 0) is 0 Å². The molecule has 0 spiro atoms. The quantitative estimate of drug-likeness (QED) is 0.837. The molecule has 1 saturated heterocycles. The molecule has 2 saturated carbocycles. The van der Waals surface area contributed by atoms with E-state index in [1.165, 1.54) is 83.7 Å². The molecule has 2 nitrogen and oxygen atoms in total. The summed E-state index contributed by atoms with van der Waals surface area (Å²) in [4.78, 5) is 2.96. The van der Waals surface area contributed by atoms with Crippen molar-refractivity contribution in [1.82, 2.24) is 10.2 Å². The van der Waals surface area contributed by atoms with Crippen LogP contribution < -0.4 is 5.32 Å². The van der Waals surface area contributed by atoms with Gasteiger partial charge in [0.15, 0.2) is 0 Å². The summed E-state index contributed by atoms with van der Waals surface area (Å²) in [6.07, 6.45) is 16.0. The zero-order valence-electron chi connectivity index (χ0n) is 13.4. The first kappa shape index (κ1) is 14.8. The van der Waals surface area contributed by atoms with E-state index in [2.05, 4.69) is 17.1 Å². The maximum Gasteiger partial charge on any atom is 0.0126 e. The van der Waals surface area contributed by atoms with E-state index in [1.807, 2.05) is 0 Å². The average Bonchev–Trinajstić information content (AvgIpc) is 2.53. The van der Waals surface area contributed by atoms with Crippen LogP contribution in [0.4, 0.5) is 0 Å². The number of hydrogen-bond donors (Lipinski definition) is 1. The molecule has 1 N–H and O–H groups in total. The van der Waals surface area contributed by atoms with Crippen LogP contribution >= 0.6 is 0 Å². The predicted octanol–water partition coefficient (Wildman–Crippen LogP) is 3.95. The van der Waals surface area contributed by atoms with Gasteiger partial charge in [-0.3, -0.25) is 4.90 Å². The van der Waals surface area contributed by atoms with Crippen molar-refractivity contribution < 1.29 is 0 Å². The van der Waals surface area contributed by atoms with Gasteiger partial charge in [0, 0.05) is 18.1 Å². The third-order valence-electron chi connectivity index (χ3n) is 6.13. The van der Waals surface area contributed by atoms with Crippen molar-refractivity contribution in [1.29, 1.82) is 0 Å². The summed E-state index contributed by atoms with van der Waals surface area (Å²) in [5.74, 6) is 1.05. The number of nitrogens with zero attached hydrogens (tertiary/aromatic N) is 1. The smallest absolute Gasteiger partial charge is 0.0126 e. The molecule has 0 aromatic carbocycles. The number of rotatable bonds is 4. The first-order valence-corrected chi connectivity index (χ1v) is 9.37. The van der Waals surface area contributed by atoms with E-state index in [0.29, 0.717) is 0 Å². The molecule has 116 valence electrons. The van der Waals surface area contributed by atoms with E-state index >= 15 is 0 Å². The predicted molar refractivity (Wildman–Crippen MR) is 86.0 cm³/mol. The van der Waals surface area contributed by atoms with Gasteiger partial charge in [-0.05, 0) is 76.8 Å². The molecule has 3 aliphatic rings. The largest absolute Gasteiger partial charge is 0.314 e. The second kappa shape index (κ2) is 7.26. The highest BCUT2D eigenvalue weighted by molar-refractivity contribution is 4.92. The third kappa shape index (κ3) is 3.39. The normalized spacial score (nSPS) is 39.5. The molecule has 1 aliphatic heterocycles. The lowest BCUT2D eigenvalue weighted by Gasteiger charge is -2.49. The number of piperidine rings is 1. The molecule has 2 heteroatoms. The highest BCUT2D eigenvalue weighted by Gasteiger charge is 2.37. The van der Waals surface area contributed by atoms with E-state index in [0.717, 1.165) is 24.0 Å². The van der Waals surface area contributed by atoms with Gasteiger partial charge in [0.2, 0.25) is 0 Å². The van der Waals surface area contributed by atoms with Crippen LogP contribution in [0.15, 0.2) is 0 Å². The topological polar surface area (TPSA) is 15.3 Å². The standard InChI is InChI=1S/C18H34N2/c1-2-13-19-16-9-11-17(12-10-16)20-14-5-7-15-6-3-4-8-18(15)20/h15-19H,2-14H2,1H3. The molecule has 2 atom stereocenters. The van der Waals surface area contributed by atoms with Crippen LogP contribution in [-0.4, -0.2) is 36.1 Å². The monoisotopic (exact) mass is 278 g/mol. The molecular formula is C18H34N2. The summed E-state index contributed by atoms with van der Waals surface area (Å²) in [6, 6.07) is 2.70. The van der Waals surface area contributed by atoms with Crippen LogP contribution in [0.5, 0.6) is 0 Å². The molecule has 1 heterocycles. The van der Waals surface area contributed by atoms with E-state index in [9.17, 15) is 0 Å². The molecule has 0 bridgehead atoms. The summed E-state index contributed by atoms with van der Waals surface area (Å²) >= 11 is 0. The third-order valence-corrected chi connectivity index (χ3v) is 6.13. The second-order valence-corrected chi connectivity index (χ2v) is 7.45. The molecular weight excluding hydrogens is 244 g/mol. The zero-order valence-corrected chi connectivity index (χ0v) is 13.4. The fraction of sp³-hybridized carbons (Fsp3) is 1.00. The zero-order chi connectivity index (χ0) is 13.8. The van der Waals surface area contributed by atoms with Crippen molar-refractivity contribution in [2.24, 2.45) is 5.92 Å². The number of likely N-dealkylation sites (tertiary alicyclic amines) is 1. The van der Waals surface area contributed by atoms with Crippen molar-refractivity contribution in [3.05, 3.63) is 0 Å². The SMILES string of the molecule is CCCNC1CCC(N2CCCC3CCCCC32)CC1. The Morgan fingerprint density at radius 2 is 1.65 bits per heavy atom. The minimum atomic E-state index is 0.818. The van der Waals surface area contributed by atoms with Gasteiger partial charge < -0.3 is 5.32 Å². The minimum absolute atomic E-state index is 0.818. The Hall–Kier alpha value is -0.0800. The van der Waals surface area contributed by atoms with E-state index in [4.69, 9.17) is 0 Å². The average molecular weight is 278 g/mol. The Labute approximate surface area is 125 Å². The van der Waals surface area contributed by atoms with Gasteiger partial charge in [-0.25, -0.2) is 0 Å². The van der Waals surface area contributed by atoms with Gasteiger partial charge in [-0.15, -0.1) is 0 Å². The van der Waals surface area contributed by atoms with Crippen molar-refractivity contribution in [2.45, 2.75) is 95.7 Å². The highest BCUT2D eigenvalue weighted by atomic mass is 15.2. The molecule has 0 aromatic heterocycles. The lowest BCUT2D eigenvalue weighted by Crippen LogP contribution is -2.53. The van der Waals surface area contributed by atoms with E-state index in [1.54, 1.807) is 0 Å². The Kier molecular flexibility index (Phi) is 5.39. The van der Waals surface area contributed by atoms with Crippen LogP contribution in [0.25, 0.3) is 0 Å². The van der Waals surface area contributed by atoms with Crippen molar-refractivity contribution >= 4 is 0 Å². The van der Waals surface area contributed by atoms with Crippen LogP contribution in [0.3, 0.4) is 0 Å². The maximum absolute atomic E-state index is 3.73. The van der Waals surface area contributed by atoms with Crippen molar-refractivity contribution in [3.8, 4) is 0 Å². The fourth-order valence-electron chi connectivity index (χ4n) is 5.08. The summed E-state index contributed by atoms with van der Waals surface area (Å²) in [7, 11) is 0. The van der Waals surface area contributed by atoms with E-state index in [-0.39, 0.29) is 0 Å². The maximum atomic E-state index is 3.73. The van der Waals surface area contributed by atoms with Crippen LogP contribution in [0.1, 0.15) is 77.6 Å². The number of nitrogens with one attached hydrogen (secondary N) is 1. The summed E-state index contributed by atoms with van der Waals surface area (Å²) in [6.45, 7) is 4.89. The molecule has 0 aromatic rings. The lowest BCUT2D eigenvalue weighted by molar-refractivity contribution is 0.0102. The van der Waals surface area contributed by atoms with Crippen LogP contribution in [0.2, 0.25) is 0 Å². The van der Waals surface area contributed by atoms with Gasteiger partial charge in [0.05, 0.1) is 0 Å². The van der Waals surface area contributed by atoms with Gasteiger partial charge in [0.1, 0.15) is 0 Å². The Balaban J connectivity index is 1.51. The lowest BCUT2D eigenvalue weighted by atomic mass is 9.76.